The minimum absolute atomic E-state index is 0.319. The van der Waals surface area contributed by atoms with Crippen molar-refractivity contribution in [3.05, 3.63) is 12.8 Å². The summed E-state index contributed by atoms with van der Waals surface area (Å²) in [7, 11) is 0. The van der Waals surface area contributed by atoms with Gasteiger partial charge in [-0.15, -0.1) is 0 Å². The van der Waals surface area contributed by atoms with Gasteiger partial charge in [-0.2, -0.15) is 0 Å². The first-order valence-electron chi connectivity index (χ1n) is 4.11. The summed E-state index contributed by atoms with van der Waals surface area (Å²) in [6.45, 7) is 10.8. The fourth-order valence-electron chi connectivity index (χ4n) is 0.655. The summed E-state index contributed by atoms with van der Waals surface area (Å²) in [6.07, 6.45) is 4.10. The molecular formula is C9H19N3. The van der Waals surface area contributed by atoms with Crippen LogP contribution in [0.5, 0.6) is 0 Å². The summed E-state index contributed by atoms with van der Waals surface area (Å²) in [5, 5.41) is 1.58. The van der Waals surface area contributed by atoms with Crippen molar-refractivity contribution in [2.45, 2.75) is 27.2 Å². The summed E-state index contributed by atoms with van der Waals surface area (Å²) >= 11 is 0. The highest BCUT2D eigenvalue weighted by atomic mass is 15.4. The fourth-order valence-corrected chi connectivity index (χ4v) is 0.655. The van der Waals surface area contributed by atoms with Gasteiger partial charge in [-0.25, -0.2) is 10.8 Å². The number of hydrogen-bond donors (Lipinski definition) is 1. The van der Waals surface area contributed by atoms with E-state index in [1.807, 2.05) is 0 Å². The summed E-state index contributed by atoms with van der Waals surface area (Å²) in [4.78, 5) is 3.81. The normalized spacial score (nSPS) is 12.0. The van der Waals surface area contributed by atoms with Gasteiger partial charge in [0.1, 0.15) is 6.34 Å². The van der Waals surface area contributed by atoms with Gasteiger partial charge in [0.2, 0.25) is 0 Å². The molecule has 0 unspecified atom stereocenters. The van der Waals surface area contributed by atoms with Crippen LogP contribution in [-0.2, 0) is 0 Å². The van der Waals surface area contributed by atoms with Crippen LogP contribution in [0.15, 0.2) is 17.8 Å². The molecule has 0 aromatic carbocycles. The van der Waals surface area contributed by atoms with Gasteiger partial charge in [0.05, 0.1) is 0 Å². The summed E-state index contributed by atoms with van der Waals surface area (Å²) < 4.78 is 0. The van der Waals surface area contributed by atoms with E-state index in [4.69, 9.17) is 5.84 Å². The van der Waals surface area contributed by atoms with E-state index in [0.29, 0.717) is 5.41 Å². The smallest absolute Gasteiger partial charge is 0.104 e. The lowest BCUT2D eigenvalue weighted by molar-refractivity contribution is 0.314. The van der Waals surface area contributed by atoms with Gasteiger partial charge in [-0.3, -0.25) is 0 Å². The number of nitrogens with two attached hydrogens (primary N) is 1. The molecule has 0 aromatic heterocycles. The van der Waals surface area contributed by atoms with E-state index in [-0.39, 0.29) is 0 Å². The highest BCUT2D eigenvalue weighted by Gasteiger charge is 2.10. The zero-order valence-electron chi connectivity index (χ0n) is 8.25. The maximum Gasteiger partial charge on any atom is 0.104 e. The molecule has 0 spiro atoms. The van der Waals surface area contributed by atoms with Gasteiger partial charge in [0.25, 0.3) is 0 Å². The zero-order valence-corrected chi connectivity index (χ0v) is 8.25. The van der Waals surface area contributed by atoms with Crippen LogP contribution in [0.1, 0.15) is 27.2 Å². The highest BCUT2D eigenvalue weighted by molar-refractivity contribution is 5.54. The average molecular weight is 169 g/mol. The molecule has 12 heavy (non-hydrogen) atoms. The predicted molar refractivity (Wildman–Crippen MR) is 53.7 cm³/mol. The van der Waals surface area contributed by atoms with Crippen molar-refractivity contribution in [3.8, 4) is 0 Å². The molecule has 0 aliphatic carbocycles. The third-order valence-corrected chi connectivity index (χ3v) is 1.44. The Kier molecular flexibility index (Phi) is 4.59. The molecule has 0 fully saturated rings. The fraction of sp³-hybridized carbons (Fsp3) is 0.667. The number of hydrazine groups is 1. The molecule has 3 nitrogen and oxygen atoms in total. The van der Waals surface area contributed by atoms with E-state index < -0.39 is 0 Å². The summed E-state index contributed by atoms with van der Waals surface area (Å²) in [5.41, 5.74) is 0.319. The molecule has 70 valence electrons. The molecule has 0 bridgehead atoms. The van der Waals surface area contributed by atoms with E-state index in [1.54, 1.807) is 11.3 Å². The summed E-state index contributed by atoms with van der Waals surface area (Å²) in [6, 6.07) is 0. The zero-order chi connectivity index (χ0) is 9.61. The van der Waals surface area contributed by atoms with Gasteiger partial charge >= 0.3 is 0 Å². The minimum Gasteiger partial charge on any atom is -0.301 e. The van der Waals surface area contributed by atoms with Gasteiger partial charge in [-0.05, 0) is 11.8 Å². The van der Waals surface area contributed by atoms with Gasteiger partial charge < -0.3 is 5.01 Å². The molecule has 3 heteroatoms. The Morgan fingerprint density at radius 2 is 2.08 bits per heavy atom. The molecule has 0 rings (SSSR count). The third kappa shape index (κ3) is 7.28. The van der Waals surface area contributed by atoms with Crippen molar-refractivity contribution in [3.63, 3.8) is 0 Å². The van der Waals surface area contributed by atoms with E-state index >= 15 is 0 Å². The van der Waals surface area contributed by atoms with Crippen molar-refractivity contribution >= 4 is 6.34 Å². The van der Waals surface area contributed by atoms with E-state index in [1.165, 1.54) is 6.20 Å². The number of nitrogens with zero attached hydrogens (tertiary/aromatic N) is 2. The third-order valence-electron chi connectivity index (χ3n) is 1.44. The topological polar surface area (TPSA) is 41.6 Å². The Labute approximate surface area is 74.9 Å². The lowest BCUT2D eigenvalue weighted by Gasteiger charge is -2.21. The van der Waals surface area contributed by atoms with Crippen LogP contribution in [-0.4, -0.2) is 17.9 Å². The molecule has 0 aliphatic heterocycles. The Bertz CT molecular complexity index is 156. The average Bonchev–Trinajstić information content (AvgIpc) is 1.95. The number of aliphatic imine (C=N–C) groups is 1. The van der Waals surface area contributed by atoms with Gasteiger partial charge in [-0.1, -0.05) is 27.4 Å². The maximum atomic E-state index is 5.60. The minimum atomic E-state index is 0.319. The molecule has 0 radical (unpaired) electrons. The van der Waals surface area contributed by atoms with Crippen molar-refractivity contribution in [1.29, 1.82) is 0 Å². The molecule has 0 saturated heterocycles. The molecule has 0 aromatic rings. The van der Waals surface area contributed by atoms with Crippen molar-refractivity contribution in [2.24, 2.45) is 16.3 Å². The second-order valence-corrected chi connectivity index (χ2v) is 4.00. The lowest BCUT2D eigenvalue weighted by atomic mass is 9.92. The molecular weight excluding hydrogens is 150 g/mol. The SMILES string of the molecule is C=CN=CN(N)CCC(C)(C)C. The quantitative estimate of drug-likeness (QED) is 0.301. The monoisotopic (exact) mass is 169 g/mol. The van der Waals surface area contributed by atoms with E-state index in [0.717, 1.165) is 13.0 Å². The van der Waals surface area contributed by atoms with Crippen LogP contribution in [0.3, 0.4) is 0 Å². The number of rotatable bonds is 4. The standard InChI is InChI=1S/C9H19N3/c1-5-11-8-12(10)7-6-9(2,3)4/h5,8H,1,6-7,10H2,2-4H3. The van der Waals surface area contributed by atoms with Gasteiger partial charge in [0, 0.05) is 12.7 Å². The second-order valence-electron chi connectivity index (χ2n) is 4.00. The Balaban J connectivity index is 3.64. The molecule has 0 aliphatic rings. The Morgan fingerprint density at radius 3 is 2.50 bits per heavy atom. The van der Waals surface area contributed by atoms with Crippen LogP contribution >= 0.6 is 0 Å². The molecule has 0 atom stereocenters. The second kappa shape index (κ2) is 4.93. The lowest BCUT2D eigenvalue weighted by Crippen LogP contribution is -2.32. The van der Waals surface area contributed by atoms with E-state index in [9.17, 15) is 0 Å². The first kappa shape index (κ1) is 11.2. The largest absolute Gasteiger partial charge is 0.301 e. The first-order valence-corrected chi connectivity index (χ1v) is 4.11. The molecule has 2 N–H and O–H groups in total. The van der Waals surface area contributed by atoms with Crippen LogP contribution < -0.4 is 5.84 Å². The number of hydrogen-bond acceptors (Lipinski definition) is 2. The predicted octanol–water partition coefficient (Wildman–Crippen LogP) is 1.77. The Hall–Kier alpha value is -0.830. The van der Waals surface area contributed by atoms with E-state index in [2.05, 4.69) is 32.3 Å². The van der Waals surface area contributed by atoms with Crippen LogP contribution in [0.2, 0.25) is 0 Å². The van der Waals surface area contributed by atoms with Crippen LogP contribution in [0, 0.1) is 5.41 Å². The molecule has 0 amide bonds. The first-order chi connectivity index (χ1) is 5.45. The van der Waals surface area contributed by atoms with Crippen molar-refractivity contribution in [1.82, 2.24) is 5.01 Å². The summed E-state index contributed by atoms with van der Waals surface area (Å²) in [5.74, 6) is 5.60. The highest BCUT2D eigenvalue weighted by Crippen LogP contribution is 2.17. The maximum absolute atomic E-state index is 5.60. The Morgan fingerprint density at radius 1 is 1.50 bits per heavy atom. The van der Waals surface area contributed by atoms with Crippen molar-refractivity contribution < 1.29 is 0 Å². The molecule has 0 saturated carbocycles. The molecule has 0 heterocycles. The van der Waals surface area contributed by atoms with Gasteiger partial charge in [0.15, 0.2) is 0 Å². The van der Waals surface area contributed by atoms with Crippen molar-refractivity contribution in [2.75, 3.05) is 6.54 Å². The van der Waals surface area contributed by atoms with Crippen LogP contribution in [0.4, 0.5) is 0 Å². The van der Waals surface area contributed by atoms with Crippen LogP contribution in [0.25, 0.3) is 0 Å².